The van der Waals surface area contributed by atoms with Crippen LogP contribution in [0.3, 0.4) is 0 Å². The van der Waals surface area contributed by atoms with Crippen molar-refractivity contribution in [1.29, 1.82) is 0 Å². The predicted molar refractivity (Wildman–Crippen MR) is 195 cm³/mol. The van der Waals surface area contributed by atoms with E-state index in [0.717, 1.165) is 95.5 Å². The Balaban J connectivity index is 1.52. The maximum atomic E-state index is 5.65. The molecular weight excluding hydrogens is 596 g/mol. The quantitative estimate of drug-likeness (QED) is 0.192. The number of ether oxygens (including phenoxy) is 3. The summed E-state index contributed by atoms with van der Waals surface area (Å²) in [7, 11) is 5.05. The first-order valence-electron chi connectivity index (χ1n) is 15.7. The van der Waals surface area contributed by atoms with Gasteiger partial charge in [0.25, 0.3) is 0 Å². The van der Waals surface area contributed by atoms with Gasteiger partial charge in [0.15, 0.2) is 0 Å². The smallest absolute Gasteiger partial charge is 0.119 e. The second-order valence-corrected chi connectivity index (χ2v) is 11.5. The number of aromatic amines is 2. The molecule has 6 aromatic rings. The van der Waals surface area contributed by atoms with Crippen LogP contribution in [0, 0.1) is 0 Å². The molecule has 234 valence electrons. The minimum atomic E-state index is 0.765. The van der Waals surface area contributed by atoms with E-state index in [9.17, 15) is 0 Å². The van der Waals surface area contributed by atoms with E-state index >= 15 is 0 Å². The third-order valence-electron chi connectivity index (χ3n) is 8.65. The van der Waals surface area contributed by atoms with Gasteiger partial charge in [-0.3, -0.25) is 0 Å². The van der Waals surface area contributed by atoms with Crippen LogP contribution >= 0.6 is 0 Å². The minimum Gasteiger partial charge on any atom is -0.497 e. The molecule has 0 fully saturated rings. The lowest BCUT2D eigenvalue weighted by Crippen LogP contribution is -1.90. The van der Waals surface area contributed by atoms with Crippen LogP contribution in [0.4, 0.5) is 0 Å². The van der Waals surface area contributed by atoms with Crippen molar-refractivity contribution in [3.8, 4) is 50.6 Å². The topological polar surface area (TPSA) is 85.1 Å². The van der Waals surface area contributed by atoms with Crippen LogP contribution in [0.1, 0.15) is 22.8 Å². The third kappa shape index (κ3) is 5.31. The lowest BCUT2D eigenvalue weighted by molar-refractivity contribution is 0.415. The molecule has 5 heterocycles. The van der Waals surface area contributed by atoms with Crippen LogP contribution in [0.15, 0.2) is 103 Å². The Morgan fingerprint density at radius 1 is 0.438 bits per heavy atom. The normalized spacial score (nSPS) is 11.9. The van der Waals surface area contributed by atoms with E-state index in [1.807, 2.05) is 60.7 Å². The summed E-state index contributed by atoms with van der Waals surface area (Å²) in [5.41, 5.74) is 12.9. The van der Waals surface area contributed by atoms with Crippen molar-refractivity contribution in [1.82, 2.24) is 19.9 Å². The number of fused-ring (bicyclic) bond motifs is 8. The van der Waals surface area contributed by atoms with E-state index in [2.05, 4.69) is 76.7 Å². The first kappa shape index (κ1) is 29.1. The molecule has 2 N–H and O–H groups in total. The molecule has 0 atom stereocenters. The maximum absolute atomic E-state index is 5.65. The molecule has 3 aromatic carbocycles. The fourth-order valence-electron chi connectivity index (χ4n) is 6.39. The summed E-state index contributed by atoms with van der Waals surface area (Å²) in [4.78, 5) is 17.8. The van der Waals surface area contributed by atoms with Gasteiger partial charge in [-0.25, -0.2) is 9.97 Å². The summed E-state index contributed by atoms with van der Waals surface area (Å²) in [6.07, 6.45) is 8.27. The van der Waals surface area contributed by atoms with Crippen LogP contribution in [0.2, 0.25) is 0 Å². The number of methoxy groups -OCH3 is 3. The second kappa shape index (κ2) is 12.1. The van der Waals surface area contributed by atoms with Gasteiger partial charge in [0, 0.05) is 38.8 Å². The fraction of sp³-hybridized carbons (Fsp3) is 0.0732. The summed E-state index contributed by atoms with van der Waals surface area (Å²) in [5, 5.41) is 0. The van der Waals surface area contributed by atoms with Gasteiger partial charge in [-0.2, -0.15) is 0 Å². The predicted octanol–water partition coefficient (Wildman–Crippen LogP) is 9.68. The van der Waals surface area contributed by atoms with Crippen molar-refractivity contribution in [2.75, 3.05) is 21.3 Å². The van der Waals surface area contributed by atoms with Gasteiger partial charge >= 0.3 is 0 Å². The number of nitrogens with zero attached hydrogens (tertiary/aromatic N) is 2. The zero-order valence-corrected chi connectivity index (χ0v) is 26.7. The van der Waals surface area contributed by atoms with Gasteiger partial charge in [0.1, 0.15) is 17.2 Å². The number of aromatic nitrogens is 4. The molecule has 0 aliphatic carbocycles. The summed E-state index contributed by atoms with van der Waals surface area (Å²) in [5.74, 6) is 2.31. The lowest BCUT2D eigenvalue weighted by Gasteiger charge is -2.08. The molecule has 3 aromatic heterocycles. The number of hydrogen-bond acceptors (Lipinski definition) is 5. The largest absolute Gasteiger partial charge is 0.497 e. The first-order valence-corrected chi connectivity index (χ1v) is 15.7. The van der Waals surface area contributed by atoms with Crippen molar-refractivity contribution in [2.45, 2.75) is 0 Å². The number of H-pyrrole nitrogens is 2. The van der Waals surface area contributed by atoms with E-state index in [4.69, 9.17) is 24.2 Å². The number of rotatable bonds is 6. The molecule has 0 spiro atoms. The minimum absolute atomic E-state index is 0.765. The van der Waals surface area contributed by atoms with Crippen molar-refractivity contribution < 1.29 is 14.2 Å². The van der Waals surface area contributed by atoms with Crippen molar-refractivity contribution in [3.05, 3.63) is 126 Å². The van der Waals surface area contributed by atoms with Crippen LogP contribution < -0.4 is 14.2 Å². The van der Waals surface area contributed by atoms with Gasteiger partial charge < -0.3 is 24.2 Å². The fourth-order valence-corrected chi connectivity index (χ4v) is 6.39. The summed E-state index contributed by atoms with van der Waals surface area (Å²) in [6.45, 7) is 0. The molecule has 8 bridgehead atoms. The molecule has 8 rings (SSSR count). The highest BCUT2D eigenvalue weighted by Crippen LogP contribution is 2.38. The molecule has 0 radical (unpaired) electrons. The zero-order chi connectivity index (χ0) is 32.6. The zero-order valence-electron chi connectivity index (χ0n) is 26.7. The molecule has 0 unspecified atom stereocenters. The van der Waals surface area contributed by atoms with Crippen molar-refractivity contribution in [2.24, 2.45) is 0 Å². The summed E-state index contributed by atoms with van der Waals surface area (Å²) < 4.78 is 16.9. The Labute approximate surface area is 277 Å². The molecule has 0 saturated carbocycles. The van der Waals surface area contributed by atoms with Crippen LogP contribution in [0.25, 0.3) is 79.8 Å². The third-order valence-corrected chi connectivity index (χ3v) is 8.65. The molecule has 2 aliphatic heterocycles. The SMILES string of the molecule is COc1cccc(-c2c3nc(c(-c4cccc(OC)c4)c4ccc([nH]4)c(-c4cccc(OC)c4)c4nc(cc5ccc2[nH]5)C=C4)C=C3)c1. The van der Waals surface area contributed by atoms with E-state index in [0.29, 0.717) is 0 Å². The Morgan fingerprint density at radius 3 is 1.38 bits per heavy atom. The maximum Gasteiger partial charge on any atom is 0.119 e. The average molecular weight is 629 g/mol. The first-order chi connectivity index (χ1) is 23.6. The van der Waals surface area contributed by atoms with E-state index < -0.39 is 0 Å². The lowest BCUT2D eigenvalue weighted by atomic mass is 10.0. The highest BCUT2D eigenvalue weighted by Gasteiger charge is 2.17. The van der Waals surface area contributed by atoms with Crippen molar-refractivity contribution in [3.63, 3.8) is 0 Å². The van der Waals surface area contributed by atoms with Gasteiger partial charge in [-0.15, -0.1) is 0 Å². The van der Waals surface area contributed by atoms with Crippen molar-refractivity contribution >= 4 is 46.4 Å². The molecule has 7 heteroatoms. The monoisotopic (exact) mass is 628 g/mol. The number of benzene rings is 3. The molecule has 48 heavy (non-hydrogen) atoms. The summed E-state index contributed by atoms with van der Waals surface area (Å²) >= 11 is 0. The Morgan fingerprint density at radius 2 is 0.875 bits per heavy atom. The van der Waals surface area contributed by atoms with E-state index in [1.54, 1.807) is 21.3 Å². The molecule has 0 saturated heterocycles. The van der Waals surface area contributed by atoms with Crippen LogP contribution in [-0.4, -0.2) is 41.3 Å². The molecule has 2 aliphatic rings. The number of nitrogens with one attached hydrogen (secondary N) is 2. The van der Waals surface area contributed by atoms with Crippen LogP contribution in [0.5, 0.6) is 17.2 Å². The number of hydrogen-bond donors (Lipinski definition) is 2. The van der Waals surface area contributed by atoms with Gasteiger partial charge in [0.2, 0.25) is 0 Å². The summed E-state index contributed by atoms with van der Waals surface area (Å²) in [6, 6.07) is 34.7. The van der Waals surface area contributed by atoms with E-state index in [-0.39, 0.29) is 0 Å². The standard InChI is InChI=1S/C41H32N4O3/c1-46-30-10-4-7-25(21-30)39-33-15-13-28(42-33)24-29-14-16-34(43-29)40(26-8-5-11-31(22-26)47-2)36-18-20-38(45-36)41(37-19-17-35(39)44-37)27-9-6-12-32(23-27)48-3/h4-24,42,45H,1-3H3. The van der Waals surface area contributed by atoms with E-state index in [1.165, 1.54) is 0 Å². The highest BCUT2D eigenvalue weighted by atomic mass is 16.5. The van der Waals surface area contributed by atoms with Gasteiger partial charge in [-0.1, -0.05) is 36.4 Å². The average Bonchev–Trinajstić information content (AvgIpc) is 3.96. The van der Waals surface area contributed by atoms with Gasteiger partial charge in [-0.05, 0) is 108 Å². The Hall–Kier alpha value is -6.34. The highest BCUT2D eigenvalue weighted by molar-refractivity contribution is 5.97. The van der Waals surface area contributed by atoms with Crippen LogP contribution in [-0.2, 0) is 0 Å². The molecule has 7 nitrogen and oxygen atoms in total. The Bertz CT molecular complexity index is 2390. The second-order valence-electron chi connectivity index (χ2n) is 11.5. The Kier molecular flexibility index (Phi) is 7.34. The molecular formula is C41H32N4O3. The van der Waals surface area contributed by atoms with Gasteiger partial charge in [0.05, 0.1) is 44.1 Å². The molecule has 0 amide bonds.